The van der Waals surface area contributed by atoms with Crippen LogP contribution in [0.5, 0.6) is 11.5 Å². The van der Waals surface area contributed by atoms with Crippen LogP contribution in [0.15, 0.2) is 42.5 Å². The maximum atomic E-state index is 12.6. The molecule has 0 radical (unpaired) electrons. The lowest BCUT2D eigenvalue weighted by Crippen LogP contribution is -2.17. The predicted molar refractivity (Wildman–Crippen MR) is 116 cm³/mol. The molecule has 0 atom stereocenters. The van der Waals surface area contributed by atoms with Gasteiger partial charge in [-0.1, -0.05) is 25.8 Å². The molecule has 0 unspecified atom stereocenters. The number of rotatable bonds is 8. The highest BCUT2D eigenvalue weighted by Gasteiger charge is 2.25. The molecule has 0 bridgehead atoms. The molecular weight excluding hydrogens is 380 g/mol. The van der Waals surface area contributed by atoms with Crippen molar-refractivity contribution in [2.24, 2.45) is 5.92 Å². The van der Waals surface area contributed by atoms with Crippen LogP contribution in [-0.2, 0) is 0 Å². The molecule has 160 valence electrons. The van der Waals surface area contributed by atoms with Gasteiger partial charge in [-0.25, -0.2) is 9.59 Å². The zero-order valence-electron chi connectivity index (χ0n) is 17.7. The number of carboxylic acids is 1. The van der Waals surface area contributed by atoms with Crippen LogP contribution >= 0.6 is 0 Å². The molecule has 5 nitrogen and oxygen atoms in total. The topological polar surface area (TPSA) is 72.8 Å². The average Bonchev–Trinajstić information content (AvgIpc) is 2.75. The molecule has 2 aromatic rings. The highest BCUT2D eigenvalue weighted by molar-refractivity contribution is 6.03. The van der Waals surface area contributed by atoms with Crippen molar-refractivity contribution in [1.29, 1.82) is 0 Å². The minimum atomic E-state index is -1.12. The van der Waals surface area contributed by atoms with E-state index in [0.717, 1.165) is 24.3 Å². The summed E-state index contributed by atoms with van der Waals surface area (Å²) in [6.07, 6.45) is 6.98. The van der Waals surface area contributed by atoms with Gasteiger partial charge in [0, 0.05) is 0 Å². The Labute approximate surface area is 178 Å². The van der Waals surface area contributed by atoms with Gasteiger partial charge in [0.2, 0.25) is 0 Å². The van der Waals surface area contributed by atoms with E-state index in [1.165, 1.54) is 25.7 Å². The summed E-state index contributed by atoms with van der Waals surface area (Å²) < 4.78 is 10.8. The van der Waals surface area contributed by atoms with Crippen LogP contribution in [0.3, 0.4) is 0 Å². The Morgan fingerprint density at radius 2 is 1.60 bits per heavy atom. The van der Waals surface area contributed by atoms with Gasteiger partial charge in [0.1, 0.15) is 11.5 Å². The summed E-state index contributed by atoms with van der Waals surface area (Å²) in [5, 5.41) is 9.69. The van der Waals surface area contributed by atoms with E-state index >= 15 is 0 Å². The molecule has 30 heavy (non-hydrogen) atoms. The first-order valence-electron chi connectivity index (χ1n) is 10.8. The third-order valence-corrected chi connectivity index (χ3v) is 5.85. The standard InChI is InChI=1S/C25H30O5/c1-3-5-17-6-8-18(9-7-17)19-10-15-22(23(16-19)24(26)27)25(28)30-21-13-11-20(12-14-21)29-4-2/h10-18H,3-9H2,1-2H3,(H,26,27). The summed E-state index contributed by atoms with van der Waals surface area (Å²) in [5.41, 5.74) is 1.07. The third-order valence-electron chi connectivity index (χ3n) is 5.85. The van der Waals surface area contributed by atoms with Crippen molar-refractivity contribution in [3.63, 3.8) is 0 Å². The van der Waals surface area contributed by atoms with Crippen molar-refractivity contribution in [1.82, 2.24) is 0 Å². The van der Waals surface area contributed by atoms with Crippen LogP contribution in [0.4, 0.5) is 0 Å². The summed E-state index contributed by atoms with van der Waals surface area (Å²) in [6, 6.07) is 11.8. The fraction of sp³-hybridized carbons (Fsp3) is 0.440. The van der Waals surface area contributed by atoms with Gasteiger partial charge < -0.3 is 14.6 Å². The van der Waals surface area contributed by atoms with E-state index in [9.17, 15) is 14.7 Å². The Hall–Kier alpha value is -2.82. The molecule has 1 fully saturated rings. The number of esters is 1. The third kappa shape index (κ3) is 5.41. The number of hydrogen-bond acceptors (Lipinski definition) is 4. The number of carbonyl (C=O) groups excluding carboxylic acids is 1. The fourth-order valence-electron chi connectivity index (χ4n) is 4.30. The fourth-order valence-corrected chi connectivity index (χ4v) is 4.30. The highest BCUT2D eigenvalue weighted by Crippen LogP contribution is 2.38. The number of carboxylic acid groups (broad SMARTS) is 1. The molecule has 1 N–H and O–H groups in total. The maximum absolute atomic E-state index is 12.6. The molecule has 0 heterocycles. The monoisotopic (exact) mass is 410 g/mol. The number of benzene rings is 2. The Balaban J connectivity index is 1.73. The van der Waals surface area contributed by atoms with Gasteiger partial charge >= 0.3 is 11.9 Å². The smallest absolute Gasteiger partial charge is 0.344 e. The van der Waals surface area contributed by atoms with Crippen LogP contribution in [0.1, 0.15) is 84.6 Å². The molecule has 1 saturated carbocycles. The number of hydrogen-bond donors (Lipinski definition) is 1. The Bertz CT molecular complexity index is 864. The van der Waals surface area contributed by atoms with Crippen molar-refractivity contribution in [3.8, 4) is 11.5 Å². The minimum Gasteiger partial charge on any atom is -0.494 e. The minimum absolute atomic E-state index is 0.000817. The molecule has 3 rings (SSSR count). The van der Waals surface area contributed by atoms with Gasteiger partial charge in [-0.05, 0) is 86.4 Å². The molecule has 0 aromatic heterocycles. The molecule has 1 aliphatic carbocycles. The van der Waals surface area contributed by atoms with Crippen LogP contribution in [0.2, 0.25) is 0 Å². The first kappa shape index (κ1) is 21.9. The summed E-state index contributed by atoms with van der Waals surface area (Å²) >= 11 is 0. The lowest BCUT2D eigenvalue weighted by atomic mass is 9.77. The van der Waals surface area contributed by atoms with Gasteiger partial charge in [-0.15, -0.1) is 0 Å². The SMILES string of the molecule is CCCC1CCC(c2ccc(C(=O)Oc3ccc(OCC)cc3)c(C(=O)O)c2)CC1. The van der Waals surface area contributed by atoms with E-state index in [-0.39, 0.29) is 11.1 Å². The Kier molecular flexibility index (Phi) is 7.50. The molecule has 0 spiro atoms. The van der Waals surface area contributed by atoms with Gasteiger partial charge in [-0.3, -0.25) is 0 Å². The zero-order chi connectivity index (χ0) is 21.5. The summed E-state index contributed by atoms with van der Waals surface area (Å²) in [6.45, 7) is 4.66. The lowest BCUT2D eigenvalue weighted by molar-refractivity contribution is 0.0667. The molecule has 2 aromatic carbocycles. The first-order chi connectivity index (χ1) is 14.5. The van der Waals surface area contributed by atoms with E-state index in [1.54, 1.807) is 36.4 Å². The van der Waals surface area contributed by atoms with E-state index in [0.29, 0.717) is 24.0 Å². The van der Waals surface area contributed by atoms with E-state index in [4.69, 9.17) is 9.47 Å². The van der Waals surface area contributed by atoms with Gasteiger partial charge in [0.25, 0.3) is 0 Å². The number of aromatic carboxylic acids is 1. The number of carbonyl (C=O) groups is 2. The van der Waals surface area contributed by atoms with E-state index in [2.05, 4.69) is 6.92 Å². The second-order valence-corrected chi connectivity index (χ2v) is 7.91. The summed E-state index contributed by atoms with van der Waals surface area (Å²) in [4.78, 5) is 24.5. The average molecular weight is 411 g/mol. The molecule has 0 amide bonds. The van der Waals surface area contributed by atoms with Crippen LogP contribution < -0.4 is 9.47 Å². The van der Waals surface area contributed by atoms with Gasteiger partial charge in [0.05, 0.1) is 17.7 Å². The van der Waals surface area contributed by atoms with Crippen LogP contribution in [0, 0.1) is 5.92 Å². The largest absolute Gasteiger partial charge is 0.494 e. The quantitative estimate of drug-likeness (QED) is 0.422. The highest BCUT2D eigenvalue weighted by atomic mass is 16.5. The second-order valence-electron chi connectivity index (χ2n) is 7.91. The van der Waals surface area contributed by atoms with Crippen molar-refractivity contribution in [3.05, 3.63) is 59.2 Å². The Morgan fingerprint density at radius 3 is 2.20 bits per heavy atom. The summed E-state index contributed by atoms with van der Waals surface area (Å²) in [7, 11) is 0. The number of ether oxygens (including phenoxy) is 2. The molecule has 0 aliphatic heterocycles. The van der Waals surface area contributed by atoms with Crippen LogP contribution in [0.25, 0.3) is 0 Å². The normalized spacial score (nSPS) is 18.6. The Morgan fingerprint density at radius 1 is 0.933 bits per heavy atom. The van der Waals surface area contributed by atoms with E-state index < -0.39 is 11.9 Å². The van der Waals surface area contributed by atoms with Crippen molar-refractivity contribution < 1.29 is 24.2 Å². The molecule has 1 aliphatic rings. The van der Waals surface area contributed by atoms with E-state index in [1.807, 2.05) is 13.0 Å². The second kappa shape index (κ2) is 10.3. The van der Waals surface area contributed by atoms with Crippen molar-refractivity contribution in [2.75, 3.05) is 6.61 Å². The summed E-state index contributed by atoms with van der Waals surface area (Å²) in [5.74, 6) is 0.380. The maximum Gasteiger partial charge on any atom is 0.344 e. The first-order valence-corrected chi connectivity index (χ1v) is 10.8. The van der Waals surface area contributed by atoms with Gasteiger partial charge in [-0.2, -0.15) is 0 Å². The molecular formula is C25H30O5. The molecule has 0 saturated heterocycles. The zero-order valence-corrected chi connectivity index (χ0v) is 17.7. The molecule has 5 heteroatoms. The predicted octanol–water partition coefficient (Wildman–Crippen LogP) is 6.08. The van der Waals surface area contributed by atoms with Crippen molar-refractivity contribution >= 4 is 11.9 Å². The van der Waals surface area contributed by atoms with Crippen molar-refractivity contribution in [2.45, 2.75) is 58.3 Å². The van der Waals surface area contributed by atoms with Gasteiger partial charge in [0.15, 0.2) is 0 Å². The lowest BCUT2D eigenvalue weighted by Gasteiger charge is -2.29. The van der Waals surface area contributed by atoms with Crippen LogP contribution in [-0.4, -0.2) is 23.7 Å².